The van der Waals surface area contributed by atoms with Gasteiger partial charge in [-0.3, -0.25) is 0 Å². The van der Waals surface area contributed by atoms with Crippen LogP contribution in [0.2, 0.25) is 0 Å². The first-order valence-corrected chi connectivity index (χ1v) is 6.02. The third-order valence-electron chi connectivity index (χ3n) is 3.71. The fourth-order valence-corrected chi connectivity index (χ4v) is 2.82. The van der Waals surface area contributed by atoms with Crippen molar-refractivity contribution in [2.24, 2.45) is 11.8 Å². The molecule has 0 spiro atoms. The van der Waals surface area contributed by atoms with Crippen LogP contribution in [0.4, 0.5) is 5.82 Å². The Kier molecular flexibility index (Phi) is 2.39. The average Bonchev–Trinajstić information content (AvgIpc) is 2.72. The first kappa shape index (κ1) is 9.82. The van der Waals surface area contributed by atoms with E-state index in [9.17, 15) is 0 Å². The molecular weight excluding hydrogens is 198 g/mol. The Bertz CT molecular complexity index is 397. The Morgan fingerprint density at radius 3 is 2.50 bits per heavy atom. The van der Waals surface area contributed by atoms with E-state index in [1.165, 1.54) is 12.8 Å². The molecule has 2 heterocycles. The van der Waals surface area contributed by atoms with Gasteiger partial charge in [-0.15, -0.1) is 0 Å². The second-order valence-corrected chi connectivity index (χ2v) is 4.83. The molecule has 0 bridgehead atoms. The zero-order valence-corrected chi connectivity index (χ0v) is 9.63. The van der Waals surface area contributed by atoms with Crippen molar-refractivity contribution in [3.8, 4) is 0 Å². The van der Waals surface area contributed by atoms with Gasteiger partial charge >= 0.3 is 0 Å². The lowest BCUT2D eigenvalue weighted by atomic mass is 9.86. The Morgan fingerprint density at radius 2 is 1.88 bits per heavy atom. The number of allylic oxidation sites excluding steroid dienone is 2. The molecular formula is C13H17N3. The SMILES string of the molecule is Cc1nccc(N2CC3CC=CCC3C2)n1. The molecule has 1 fully saturated rings. The molecule has 2 aliphatic rings. The highest BCUT2D eigenvalue weighted by atomic mass is 15.2. The molecule has 1 aromatic heterocycles. The lowest BCUT2D eigenvalue weighted by Gasteiger charge is -2.17. The van der Waals surface area contributed by atoms with E-state index in [0.29, 0.717) is 0 Å². The van der Waals surface area contributed by atoms with Gasteiger partial charge in [0.15, 0.2) is 0 Å². The van der Waals surface area contributed by atoms with Crippen molar-refractivity contribution in [3.63, 3.8) is 0 Å². The van der Waals surface area contributed by atoms with Gasteiger partial charge in [-0.05, 0) is 37.7 Å². The van der Waals surface area contributed by atoms with Crippen molar-refractivity contribution in [3.05, 3.63) is 30.2 Å². The molecule has 0 saturated carbocycles. The van der Waals surface area contributed by atoms with Gasteiger partial charge in [0, 0.05) is 19.3 Å². The van der Waals surface area contributed by atoms with E-state index in [1.807, 2.05) is 19.2 Å². The summed E-state index contributed by atoms with van der Waals surface area (Å²) < 4.78 is 0. The Balaban J connectivity index is 1.79. The largest absolute Gasteiger partial charge is 0.356 e. The molecule has 3 nitrogen and oxygen atoms in total. The monoisotopic (exact) mass is 215 g/mol. The summed E-state index contributed by atoms with van der Waals surface area (Å²) >= 11 is 0. The molecule has 1 saturated heterocycles. The molecule has 1 aliphatic heterocycles. The van der Waals surface area contributed by atoms with Crippen molar-refractivity contribution in [2.75, 3.05) is 18.0 Å². The number of hydrogen-bond acceptors (Lipinski definition) is 3. The molecule has 0 radical (unpaired) electrons. The van der Waals surface area contributed by atoms with E-state index in [2.05, 4.69) is 27.0 Å². The first-order valence-electron chi connectivity index (χ1n) is 6.02. The highest BCUT2D eigenvalue weighted by Gasteiger charge is 2.33. The standard InChI is InChI=1S/C13H17N3/c1-10-14-7-6-13(15-10)16-8-11-4-2-3-5-12(11)9-16/h2-3,6-7,11-12H,4-5,8-9H2,1H3. The zero-order chi connectivity index (χ0) is 11.0. The lowest BCUT2D eigenvalue weighted by Crippen LogP contribution is -2.21. The van der Waals surface area contributed by atoms with E-state index in [1.54, 1.807) is 0 Å². The van der Waals surface area contributed by atoms with Gasteiger partial charge < -0.3 is 4.90 Å². The Hall–Kier alpha value is -1.38. The minimum absolute atomic E-state index is 0.834. The molecule has 0 aromatic carbocycles. The van der Waals surface area contributed by atoms with Crippen LogP contribution in [0.1, 0.15) is 18.7 Å². The molecule has 2 unspecified atom stereocenters. The van der Waals surface area contributed by atoms with Gasteiger partial charge in [-0.1, -0.05) is 12.2 Å². The normalized spacial score (nSPS) is 28.2. The van der Waals surface area contributed by atoms with Gasteiger partial charge in [0.1, 0.15) is 11.6 Å². The molecule has 16 heavy (non-hydrogen) atoms. The maximum absolute atomic E-state index is 4.51. The quantitative estimate of drug-likeness (QED) is 0.672. The summed E-state index contributed by atoms with van der Waals surface area (Å²) in [6.45, 7) is 4.27. The minimum Gasteiger partial charge on any atom is -0.356 e. The van der Waals surface area contributed by atoms with E-state index in [4.69, 9.17) is 0 Å². The Morgan fingerprint density at radius 1 is 1.19 bits per heavy atom. The highest BCUT2D eigenvalue weighted by Crippen LogP contribution is 2.34. The molecule has 0 N–H and O–H groups in total. The molecule has 2 atom stereocenters. The third kappa shape index (κ3) is 1.70. The van der Waals surface area contributed by atoms with Crippen LogP contribution >= 0.6 is 0 Å². The van der Waals surface area contributed by atoms with E-state index in [0.717, 1.165) is 36.6 Å². The van der Waals surface area contributed by atoms with Gasteiger partial charge in [-0.25, -0.2) is 9.97 Å². The van der Waals surface area contributed by atoms with Crippen LogP contribution in [0.25, 0.3) is 0 Å². The van der Waals surface area contributed by atoms with E-state index >= 15 is 0 Å². The number of rotatable bonds is 1. The van der Waals surface area contributed by atoms with E-state index in [-0.39, 0.29) is 0 Å². The summed E-state index contributed by atoms with van der Waals surface area (Å²) in [5.41, 5.74) is 0. The van der Waals surface area contributed by atoms with Gasteiger partial charge in [-0.2, -0.15) is 0 Å². The number of fused-ring (bicyclic) bond motifs is 1. The molecule has 0 amide bonds. The fourth-order valence-electron chi connectivity index (χ4n) is 2.82. The predicted octanol–water partition coefficient (Wildman–Crippen LogP) is 2.19. The summed E-state index contributed by atoms with van der Waals surface area (Å²) in [7, 11) is 0. The smallest absolute Gasteiger partial charge is 0.132 e. The second-order valence-electron chi connectivity index (χ2n) is 4.83. The molecule has 84 valence electrons. The van der Waals surface area contributed by atoms with Crippen LogP contribution in [0.3, 0.4) is 0 Å². The second kappa shape index (κ2) is 3.89. The summed E-state index contributed by atoms with van der Waals surface area (Å²) in [6, 6.07) is 2.03. The Labute approximate surface area is 96.2 Å². The summed E-state index contributed by atoms with van der Waals surface area (Å²) in [6.07, 6.45) is 9.00. The summed E-state index contributed by atoms with van der Waals surface area (Å²) in [5.74, 6) is 3.63. The topological polar surface area (TPSA) is 29.0 Å². The molecule has 1 aromatic rings. The van der Waals surface area contributed by atoms with Crippen LogP contribution in [-0.4, -0.2) is 23.1 Å². The minimum atomic E-state index is 0.834. The van der Waals surface area contributed by atoms with Gasteiger partial charge in [0.25, 0.3) is 0 Å². The zero-order valence-electron chi connectivity index (χ0n) is 9.63. The maximum atomic E-state index is 4.51. The van der Waals surface area contributed by atoms with Crippen molar-refractivity contribution in [1.82, 2.24) is 9.97 Å². The number of aryl methyl sites for hydroxylation is 1. The van der Waals surface area contributed by atoms with Crippen molar-refractivity contribution in [2.45, 2.75) is 19.8 Å². The van der Waals surface area contributed by atoms with Crippen LogP contribution < -0.4 is 4.90 Å². The lowest BCUT2D eigenvalue weighted by molar-refractivity contribution is 0.411. The van der Waals surface area contributed by atoms with Gasteiger partial charge in [0.2, 0.25) is 0 Å². The molecule has 1 aliphatic carbocycles. The maximum Gasteiger partial charge on any atom is 0.132 e. The van der Waals surface area contributed by atoms with Crippen LogP contribution in [0, 0.1) is 18.8 Å². The van der Waals surface area contributed by atoms with Crippen molar-refractivity contribution in [1.29, 1.82) is 0 Å². The van der Waals surface area contributed by atoms with Crippen molar-refractivity contribution < 1.29 is 0 Å². The third-order valence-corrected chi connectivity index (χ3v) is 3.71. The van der Waals surface area contributed by atoms with Crippen LogP contribution in [0.15, 0.2) is 24.4 Å². The van der Waals surface area contributed by atoms with E-state index < -0.39 is 0 Å². The average molecular weight is 215 g/mol. The summed E-state index contributed by atoms with van der Waals surface area (Å²) in [5, 5.41) is 0. The fraction of sp³-hybridized carbons (Fsp3) is 0.538. The highest BCUT2D eigenvalue weighted by molar-refractivity contribution is 5.39. The predicted molar refractivity (Wildman–Crippen MR) is 64.3 cm³/mol. The van der Waals surface area contributed by atoms with Gasteiger partial charge in [0.05, 0.1) is 0 Å². The number of aromatic nitrogens is 2. The number of nitrogens with zero attached hydrogens (tertiary/aromatic N) is 3. The van der Waals surface area contributed by atoms with Crippen LogP contribution in [0.5, 0.6) is 0 Å². The summed E-state index contributed by atoms with van der Waals surface area (Å²) in [4.78, 5) is 11.1. The van der Waals surface area contributed by atoms with Crippen LogP contribution in [-0.2, 0) is 0 Å². The number of anilines is 1. The first-order chi connectivity index (χ1) is 7.83. The molecule has 3 heteroatoms. The number of hydrogen-bond donors (Lipinski definition) is 0. The van der Waals surface area contributed by atoms with Crippen molar-refractivity contribution >= 4 is 5.82 Å². The molecule has 3 rings (SSSR count).